The number of hydrogen-bond donors (Lipinski definition) is 2. The largest absolute Gasteiger partial charge is 0.493 e. The first-order chi connectivity index (χ1) is 12.2. The van der Waals surface area contributed by atoms with Gasteiger partial charge in [-0.25, -0.2) is 4.98 Å². The number of imidazole rings is 1. The zero-order chi connectivity index (χ0) is 17.6. The van der Waals surface area contributed by atoms with Gasteiger partial charge in [0.15, 0.2) is 5.16 Å². The lowest BCUT2D eigenvalue weighted by Gasteiger charge is -2.12. The van der Waals surface area contributed by atoms with E-state index in [1.165, 1.54) is 5.56 Å². The van der Waals surface area contributed by atoms with Crippen molar-refractivity contribution in [3.8, 4) is 5.75 Å². The number of aromatic nitrogens is 2. The minimum atomic E-state index is -0.805. The van der Waals surface area contributed by atoms with Crippen LogP contribution in [0.15, 0.2) is 53.7 Å². The summed E-state index contributed by atoms with van der Waals surface area (Å²) < 4.78 is 7.70. The van der Waals surface area contributed by atoms with Crippen LogP contribution in [0.5, 0.6) is 5.75 Å². The monoisotopic (exact) mass is 358 g/mol. The highest BCUT2D eigenvalue weighted by molar-refractivity contribution is 7.99. The molecule has 1 atom stereocenters. The van der Waals surface area contributed by atoms with Gasteiger partial charge in [0, 0.05) is 5.75 Å². The third-order valence-corrected chi connectivity index (χ3v) is 4.77. The number of rotatable bonds is 8. The molecule has 0 unspecified atom stereocenters. The van der Waals surface area contributed by atoms with Gasteiger partial charge in [0.1, 0.15) is 5.75 Å². The first-order valence-electron chi connectivity index (χ1n) is 8.24. The van der Waals surface area contributed by atoms with Crippen molar-refractivity contribution in [3.05, 3.63) is 54.1 Å². The summed E-state index contributed by atoms with van der Waals surface area (Å²) >= 11 is 1.58. The number of aliphatic hydroxyl groups is 2. The van der Waals surface area contributed by atoms with Crippen molar-refractivity contribution in [2.75, 3.05) is 19.0 Å². The molecular formula is C19H22N2O3S. The number of para-hydroxylation sites is 2. The molecule has 0 aliphatic carbocycles. The molecule has 0 radical (unpaired) electrons. The molecule has 0 fully saturated rings. The van der Waals surface area contributed by atoms with Crippen LogP contribution in [-0.2, 0) is 6.54 Å². The Kier molecular flexibility index (Phi) is 5.96. The second-order valence-electron chi connectivity index (χ2n) is 5.84. The van der Waals surface area contributed by atoms with Crippen molar-refractivity contribution < 1.29 is 14.9 Å². The molecule has 0 spiro atoms. The van der Waals surface area contributed by atoms with Crippen molar-refractivity contribution in [1.82, 2.24) is 9.55 Å². The highest BCUT2D eigenvalue weighted by Gasteiger charge is 2.14. The second kappa shape index (κ2) is 8.38. The van der Waals surface area contributed by atoms with E-state index in [0.29, 0.717) is 13.2 Å². The number of hydrogen-bond acceptors (Lipinski definition) is 5. The van der Waals surface area contributed by atoms with Gasteiger partial charge in [0.2, 0.25) is 0 Å². The average Bonchev–Trinajstić information content (AvgIpc) is 2.98. The fraction of sp³-hybridized carbons (Fsp3) is 0.316. The molecule has 25 heavy (non-hydrogen) atoms. The van der Waals surface area contributed by atoms with Crippen LogP contribution in [0.3, 0.4) is 0 Å². The molecule has 2 aromatic carbocycles. The van der Waals surface area contributed by atoms with Crippen LogP contribution in [0.2, 0.25) is 0 Å². The zero-order valence-corrected chi connectivity index (χ0v) is 14.9. The standard InChI is InChI=1S/C19H22N2O3S/c1-14-6-8-16(9-7-14)24-10-11-25-19-20-17-4-2-3-5-18(17)21(19)12-15(23)13-22/h2-9,15,22-23H,10-13H2,1H3/t15-/m0/s1. The summed E-state index contributed by atoms with van der Waals surface area (Å²) in [7, 11) is 0. The van der Waals surface area contributed by atoms with Crippen LogP contribution in [0.25, 0.3) is 11.0 Å². The summed E-state index contributed by atoms with van der Waals surface area (Å²) in [5.41, 5.74) is 3.05. The molecule has 2 N–H and O–H groups in total. The van der Waals surface area contributed by atoms with Crippen molar-refractivity contribution in [1.29, 1.82) is 0 Å². The van der Waals surface area contributed by atoms with Gasteiger partial charge in [-0.3, -0.25) is 0 Å². The van der Waals surface area contributed by atoms with E-state index in [0.717, 1.165) is 27.7 Å². The maximum absolute atomic E-state index is 9.82. The van der Waals surface area contributed by atoms with Crippen molar-refractivity contribution in [3.63, 3.8) is 0 Å². The Morgan fingerprint density at radius 1 is 1.16 bits per heavy atom. The van der Waals surface area contributed by atoms with E-state index in [9.17, 15) is 5.11 Å². The first kappa shape index (κ1) is 17.8. The van der Waals surface area contributed by atoms with E-state index in [-0.39, 0.29) is 6.61 Å². The normalized spacial score (nSPS) is 12.4. The molecule has 0 amide bonds. The number of aryl methyl sites for hydroxylation is 1. The van der Waals surface area contributed by atoms with E-state index in [4.69, 9.17) is 9.84 Å². The predicted octanol–water partition coefficient (Wildman–Crippen LogP) is 2.87. The van der Waals surface area contributed by atoms with Crippen molar-refractivity contribution in [2.45, 2.75) is 24.7 Å². The van der Waals surface area contributed by atoms with Crippen LogP contribution in [-0.4, -0.2) is 44.8 Å². The molecule has 0 saturated carbocycles. The van der Waals surface area contributed by atoms with E-state index >= 15 is 0 Å². The van der Waals surface area contributed by atoms with E-state index < -0.39 is 6.10 Å². The van der Waals surface area contributed by atoms with Gasteiger partial charge in [0.05, 0.1) is 36.9 Å². The lowest BCUT2D eigenvalue weighted by atomic mass is 10.2. The van der Waals surface area contributed by atoms with Gasteiger partial charge in [0.25, 0.3) is 0 Å². The van der Waals surface area contributed by atoms with E-state index in [1.807, 2.05) is 60.0 Å². The van der Waals surface area contributed by atoms with E-state index in [1.54, 1.807) is 11.8 Å². The topological polar surface area (TPSA) is 67.5 Å². The average molecular weight is 358 g/mol. The van der Waals surface area contributed by atoms with Crippen LogP contribution in [0, 0.1) is 6.92 Å². The van der Waals surface area contributed by atoms with Crippen molar-refractivity contribution in [2.24, 2.45) is 0 Å². The van der Waals surface area contributed by atoms with Crippen LogP contribution >= 0.6 is 11.8 Å². The maximum Gasteiger partial charge on any atom is 0.169 e. The molecule has 0 aliphatic rings. The Balaban J connectivity index is 1.65. The predicted molar refractivity (Wildman–Crippen MR) is 100 cm³/mol. The Bertz CT molecular complexity index is 817. The molecule has 0 saturated heterocycles. The van der Waals surface area contributed by atoms with Gasteiger partial charge in [-0.2, -0.15) is 0 Å². The number of thioether (sulfide) groups is 1. The van der Waals surface area contributed by atoms with Gasteiger partial charge < -0.3 is 19.5 Å². The Morgan fingerprint density at radius 2 is 1.92 bits per heavy atom. The van der Waals surface area contributed by atoms with Gasteiger partial charge in [-0.1, -0.05) is 41.6 Å². The molecule has 5 nitrogen and oxygen atoms in total. The SMILES string of the molecule is Cc1ccc(OCCSc2nc3ccccc3n2C[C@H](O)CO)cc1. The van der Waals surface area contributed by atoms with Gasteiger partial charge in [-0.15, -0.1) is 0 Å². The number of ether oxygens (including phenoxy) is 1. The highest BCUT2D eigenvalue weighted by Crippen LogP contribution is 2.24. The minimum absolute atomic E-state index is 0.271. The number of nitrogens with zero attached hydrogens (tertiary/aromatic N) is 2. The fourth-order valence-electron chi connectivity index (χ4n) is 2.54. The van der Waals surface area contributed by atoms with Crippen molar-refractivity contribution >= 4 is 22.8 Å². The molecule has 3 rings (SSSR count). The molecule has 0 bridgehead atoms. The maximum atomic E-state index is 9.82. The Morgan fingerprint density at radius 3 is 2.68 bits per heavy atom. The number of aliphatic hydroxyl groups excluding tert-OH is 2. The lowest BCUT2D eigenvalue weighted by molar-refractivity contribution is 0.0802. The lowest BCUT2D eigenvalue weighted by Crippen LogP contribution is -2.20. The first-order valence-corrected chi connectivity index (χ1v) is 9.22. The highest BCUT2D eigenvalue weighted by atomic mass is 32.2. The molecular weight excluding hydrogens is 336 g/mol. The summed E-state index contributed by atoms with van der Waals surface area (Å²) in [5, 5.41) is 19.8. The summed E-state index contributed by atoms with van der Waals surface area (Å²) in [6.45, 7) is 2.66. The van der Waals surface area contributed by atoms with E-state index in [2.05, 4.69) is 4.98 Å². The molecule has 132 valence electrons. The molecule has 1 heterocycles. The summed E-state index contributed by atoms with van der Waals surface area (Å²) in [4.78, 5) is 4.63. The van der Waals surface area contributed by atoms with Gasteiger partial charge >= 0.3 is 0 Å². The second-order valence-corrected chi connectivity index (χ2v) is 6.90. The number of fused-ring (bicyclic) bond motifs is 1. The Labute approximate surface area is 151 Å². The third kappa shape index (κ3) is 4.54. The minimum Gasteiger partial charge on any atom is -0.493 e. The number of benzene rings is 2. The van der Waals surface area contributed by atoms with Crippen LogP contribution in [0.4, 0.5) is 0 Å². The smallest absolute Gasteiger partial charge is 0.169 e. The molecule has 6 heteroatoms. The quantitative estimate of drug-likeness (QED) is 0.479. The third-order valence-electron chi connectivity index (χ3n) is 3.83. The fourth-order valence-corrected chi connectivity index (χ4v) is 3.38. The molecule has 1 aromatic heterocycles. The molecule has 3 aromatic rings. The summed E-state index contributed by atoms with van der Waals surface area (Å²) in [6.07, 6.45) is -0.805. The zero-order valence-electron chi connectivity index (χ0n) is 14.1. The molecule has 0 aliphatic heterocycles. The summed E-state index contributed by atoms with van der Waals surface area (Å²) in [6, 6.07) is 15.8. The Hall–Kier alpha value is -2.02. The van der Waals surface area contributed by atoms with Gasteiger partial charge in [-0.05, 0) is 31.2 Å². The van der Waals surface area contributed by atoms with Crippen LogP contribution < -0.4 is 4.74 Å². The van der Waals surface area contributed by atoms with Crippen LogP contribution in [0.1, 0.15) is 5.56 Å². The summed E-state index contributed by atoms with van der Waals surface area (Å²) in [5.74, 6) is 1.60.